The van der Waals surface area contributed by atoms with E-state index in [1.165, 1.54) is 12.8 Å². The SMILES string of the molecule is COC[C@]12CNCC[C@@]1([C@@H]1C=CC(Cl)=C(Cl)C1)C2. The van der Waals surface area contributed by atoms with E-state index in [9.17, 15) is 0 Å². The van der Waals surface area contributed by atoms with Crippen LogP contribution < -0.4 is 5.32 Å². The lowest BCUT2D eigenvalue weighted by Gasteiger charge is -2.36. The molecular formula is C14H19Cl2NO. The van der Waals surface area contributed by atoms with Gasteiger partial charge in [0.05, 0.1) is 11.6 Å². The van der Waals surface area contributed by atoms with Gasteiger partial charge in [-0.1, -0.05) is 29.3 Å². The third kappa shape index (κ3) is 1.77. The Hall–Kier alpha value is -0.0200. The molecule has 18 heavy (non-hydrogen) atoms. The molecule has 1 N–H and O–H groups in total. The van der Waals surface area contributed by atoms with E-state index in [0.717, 1.165) is 31.1 Å². The average Bonchev–Trinajstić information content (AvgIpc) is 3.03. The largest absolute Gasteiger partial charge is 0.384 e. The number of allylic oxidation sites excluding steroid dienone is 4. The molecule has 2 nitrogen and oxygen atoms in total. The quantitative estimate of drug-likeness (QED) is 0.860. The highest BCUT2D eigenvalue weighted by Gasteiger charge is 2.70. The van der Waals surface area contributed by atoms with Gasteiger partial charge < -0.3 is 10.1 Å². The number of nitrogens with one attached hydrogen (secondary N) is 1. The van der Waals surface area contributed by atoms with Crippen molar-refractivity contribution in [2.75, 3.05) is 26.8 Å². The van der Waals surface area contributed by atoms with Crippen LogP contribution in [0.25, 0.3) is 0 Å². The van der Waals surface area contributed by atoms with Crippen molar-refractivity contribution in [1.29, 1.82) is 0 Å². The van der Waals surface area contributed by atoms with E-state index >= 15 is 0 Å². The second-order valence-corrected chi connectivity index (χ2v) is 6.76. The fourth-order valence-electron chi connectivity index (χ4n) is 4.05. The van der Waals surface area contributed by atoms with Gasteiger partial charge in [0.15, 0.2) is 0 Å². The number of ether oxygens (including phenoxy) is 1. The summed E-state index contributed by atoms with van der Waals surface area (Å²) in [5, 5.41) is 5.03. The van der Waals surface area contributed by atoms with Crippen molar-refractivity contribution in [1.82, 2.24) is 5.32 Å². The summed E-state index contributed by atoms with van der Waals surface area (Å²) in [5.74, 6) is 0.518. The summed E-state index contributed by atoms with van der Waals surface area (Å²) in [6.45, 7) is 3.02. The normalized spacial score (nSPS) is 42.9. The maximum absolute atomic E-state index is 6.23. The fraction of sp³-hybridized carbons (Fsp3) is 0.714. The second-order valence-electron chi connectivity index (χ2n) is 5.90. The Morgan fingerprint density at radius 2 is 2.33 bits per heavy atom. The molecule has 0 aromatic rings. The van der Waals surface area contributed by atoms with Gasteiger partial charge in [-0.2, -0.15) is 0 Å². The van der Waals surface area contributed by atoms with E-state index in [2.05, 4.69) is 11.4 Å². The van der Waals surface area contributed by atoms with Gasteiger partial charge in [-0.3, -0.25) is 0 Å². The van der Waals surface area contributed by atoms with Crippen molar-refractivity contribution in [3.63, 3.8) is 0 Å². The average molecular weight is 288 g/mol. The molecule has 2 fully saturated rings. The van der Waals surface area contributed by atoms with E-state index in [1.54, 1.807) is 7.11 Å². The van der Waals surface area contributed by atoms with E-state index in [4.69, 9.17) is 27.9 Å². The van der Waals surface area contributed by atoms with Gasteiger partial charge in [-0.05, 0) is 43.2 Å². The summed E-state index contributed by atoms with van der Waals surface area (Å²) >= 11 is 12.3. The lowest BCUT2D eigenvalue weighted by atomic mass is 9.74. The van der Waals surface area contributed by atoms with Crippen LogP contribution in [-0.2, 0) is 4.74 Å². The number of hydrogen-bond donors (Lipinski definition) is 1. The van der Waals surface area contributed by atoms with Crippen LogP contribution in [0.4, 0.5) is 0 Å². The molecule has 1 heterocycles. The Morgan fingerprint density at radius 3 is 3.06 bits per heavy atom. The van der Waals surface area contributed by atoms with Gasteiger partial charge in [-0.25, -0.2) is 0 Å². The van der Waals surface area contributed by atoms with Gasteiger partial charge in [0, 0.05) is 24.1 Å². The third-order valence-electron chi connectivity index (χ3n) is 5.06. The van der Waals surface area contributed by atoms with Crippen molar-refractivity contribution in [2.45, 2.75) is 19.3 Å². The molecule has 0 aromatic heterocycles. The van der Waals surface area contributed by atoms with E-state index < -0.39 is 0 Å². The van der Waals surface area contributed by atoms with Crippen LogP contribution in [-0.4, -0.2) is 26.8 Å². The first-order valence-electron chi connectivity index (χ1n) is 6.56. The zero-order valence-corrected chi connectivity index (χ0v) is 12.2. The van der Waals surface area contributed by atoms with Gasteiger partial charge in [0.1, 0.15) is 0 Å². The summed E-state index contributed by atoms with van der Waals surface area (Å²) in [7, 11) is 1.80. The number of methoxy groups -OCH3 is 1. The molecular weight excluding hydrogens is 269 g/mol. The van der Waals surface area contributed by atoms with E-state index in [-0.39, 0.29) is 0 Å². The van der Waals surface area contributed by atoms with Crippen LogP contribution in [0, 0.1) is 16.7 Å². The minimum atomic E-state index is 0.315. The van der Waals surface area contributed by atoms with Crippen molar-refractivity contribution in [3.8, 4) is 0 Å². The first-order chi connectivity index (χ1) is 8.63. The Morgan fingerprint density at radius 1 is 1.50 bits per heavy atom. The molecule has 2 aliphatic carbocycles. The van der Waals surface area contributed by atoms with Crippen molar-refractivity contribution < 1.29 is 4.74 Å². The van der Waals surface area contributed by atoms with Crippen molar-refractivity contribution in [3.05, 3.63) is 22.2 Å². The molecule has 0 amide bonds. The smallest absolute Gasteiger partial charge is 0.0548 e. The molecule has 0 aromatic carbocycles. The molecule has 3 rings (SSSR count). The van der Waals surface area contributed by atoms with Gasteiger partial charge in [0.2, 0.25) is 0 Å². The van der Waals surface area contributed by atoms with Crippen LogP contribution in [0.1, 0.15) is 19.3 Å². The van der Waals surface area contributed by atoms with Crippen molar-refractivity contribution in [2.24, 2.45) is 16.7 Å². The molecule has 1 saturated carbocycles. The van der Waals surface area contributed by atoms with Gasteiger partial charge in [-0.15, -0.1) is 0 Å². The zero-order chi connectivity index (χ0) is 12.8. The standard InChI is InChI=1S/C14H19Cl2NO/c1-18-9-13-7-14(13,4-5-17-8-13)10-2-3-11(15)12(16)6-10/h2-3,10,17H,4-9H2,1H3/t10-,13+,14+/m1/s1. The second kappa shape index (κ2) is 4.52. The minimum absolute atomic E-state index is 0.315. The summed E-state index contributed by atoms with van der Waals surface area (Å²) < 4.78 is 5.45. The Labute approximate surface area is 118 Å². The number of hydrogen-bond acceptors (Lipinski definition) is 2. The predicted octanol–water partition coefficient (Wildman–Crippen LogP) is 3.27. The van der Waals surface area contributed by atoms with Crippen LogP contribution >= 0.6 is 23.2 Å². The van der Waals surface area contributed by atoms with Crippen LogP contribution in [0.3, 0.4) is 0 Å². The monoisotopic (exact) mass is 287 g/mol. The Kier molecular flexibility index (Phi) is 3.26. The Bertz CT molecular complexity index is 416. The molecule has 0 radical (unpaired) electrons. The lowest BCUT2D eigenvalue weighted by molar-refractivity contribution is 0.0836. The zero-order valence-electron chi connectivity index (χ0n) is 10.6. The topological polar surface area (TPSA) is 21.3 Å². The number of piperidine rings is 1. The number of fused-ring (bicyclic) bond motifs is 1. The van der Waals surface area contributed by atoms with Crippen LogP contribution in [0.5, 0.6) is 0 Å². The van der Waals surface area contributed by atoms with Crippen LogP contribution in [0.2, 0.25) is 0 Å². The molecule has 0 bridgehead atoms. The molecule has 100 valence electrons. The molecule has 1 aliphatic heterocycles. The first kappa shape index (κ1) is 13.0. The number of halogens is 2. The molecule has 0 unspecified atom stereocenters. The van der Waals surface area contributed by atoms with E-state index in [0.29, 0.717) is 21.8 Å². The molecule has 4 heteroatoms. The van der Waals surface area contributed by atoms with Gasteiger partial charge in [0.25, 0.3) is 0 Å². The third-order valence-corrected chi connectivity index (χ3v) is 5.87. The summed E-state index contributed by atoms with van der Waals surface area (Å²) in [6.07, 6.45) is 7.59. The fourth-order valence-corrected chi connectivity index (χ4v) is 4.43. The minimum Gasteiger partial charge on any atom is -0.384 e. The van der Waals surface area contributed by atoms with E-state index in [1.807, 2.05) is 6.08 Å². The highest BCUT2D eigenvalue weighted by Crippen LogP contribution is 2.72. The number of rotatable bonds is 3. The molecule has 1 saturated heterocycles. The van der Waals surface area contributed by atoms with Crippen LogP contribution in [0.15, 0.2) is 22.2 Å². The molecule has 3 atom stereocenters. The maximum Gasteiger partial charge on any atom is 0.0548 e. The Balaban J connectivity index is 1.82. The maximum atomic E-state index is 6.23. The summed E-state index contributed by atoms with van der Waals surface area (Å²) in [5.41, 5.74) is 0.693. The highest BCUT2D eigenvalue weighted by molar-refractivity contribution is 6.40. The van der Waals surface area contributed by atoms with Crippen molar-refractivity contribution >= 4 is 23.2 Å². The predicted molar refractivity (Wildman–Crippen MR) is 74.8 cm³/mol. The lowest BCUT2D eigenvalue weighted by Crippen LogP contribution is -2.41. The molecule has 3 aliphatic rings. The first-order valence-corrected chi connectivity index (χ1v) is 7.31. The summed E-state index contributed by atoms with van der Waals surface area (Å²) in [6, 6.07) is 0. The van der Waals surface area contributed by atoms with Gasteiger partial charge >= 0.3 is 0 Å². The summed E-state index contributed by atoms with van der Waals surface area (Å²) in [4.78, 5) is 0. The highest BCUT2D eigenvalue weighted by atomic mass is 35.5. The molecule has 0 spiro atoms.